The zero-order valence-corrected chi connectivity index (χ0v) is 9.38. The standard InChI is InChI=1S/C13H22/c1-5-6-7-10-13(4)11-8-9-12(2)3/h5-7,9-10,13H,8,11H2,1-4H3. The van der Waals surface area contributed by atoms with Crippen molar-refractivity contribution in [1.82, 2.24) is 0 Å². The van der Waals surface area contributed by atoms with Gasteiger partial charge in [0.05, 0.1) is 0 Å². The van der Waals surface area contributed by atoms with E-state index in [1.54, 1.807) is 0 Å². The lowest BCUT2D eigenvalue weighted by molar-refractivity contribution is 0.656. The number of rotatable bonds is 5. The molecule has 0 nitrogen and oxygen atoms in total. The Morgan fingerprint density at radius 1 is 1.23 bits per heavy atom. The minimum absolute atomic E-state index is 0.687. The molecule has 0 heteroatoms. The van der Waals surface area contributed by atoms with E-state index in [1.165, 1.54) is 18.4 Å². The fraction of sp³-hybridized carbons (Fsp3) is 0.538. The van der Waals surface area contributed by atoms with Crippen LogP contribution in [0.3, 0.4) is 0 Å². The molecular weight excluding hydrogens is 156 g/mol. The van der Waals surface area contributed by atoms with Crippen LogP contribution in [-0.4, -0.2) is 0 Å². The predicted molar refractivity (Wildman–Crippen MR) is 61.8 cm³/mol. The summed E-state index contributed by atoms with van der Waals surface area (Å²) >= 11 is 0. The summed E-state index contributed by atoms with van der Waals surface area (Å²) in [6, 6.07) is 0. The van der Waals surface area contributed by atoms with E-state index in [1.807, 2.05) is 6.92 Å². The second kappa shape index (κ2) is 7.85. The van der Waals surface area contributed by atoms with Gasteiger partial charge in [0.25, 0.3) is 0 Å². The third kappa shape index (κ3) is 9.13. The second-order valence-corrected chi connectivity index (χ2v) is 3.75. The first-order chi connectivity index (χ1) is 6.16. The summed E-state index contributed by atoms with van der Waals surface area (Å²) in [4.78, 5) is 0. The van der Waals surface area contributed by atoms with E-state index in [2.05, 4.69) is 51.2 Å². The Labute approximate surface area is 83.0 Å². The van der Waals surface area contributed by atoms with Crippen molar-refractivity contribution in [2.45, 2.75) is 40.5 Å². The van der Waals surface area contributed by atoms with Gasteiger partial charge in [0, 0.05) is 0 Å². The molecular formula is C13H22. The first-order valence-electron chi connectivity index (χ1n) is 5.09. The van der Waals surface area contributed by atoms with Gasteiger partial charge in [-0.05, 0) is 39.5 Å². The summed E-state index contributed by atoms with van der Waals surface area (Å²) in [5.74, 6) is 0.687. The highest BCUT2D eigenvalue weighted by molar-refractivity contribution is 5.03. The van der Waals surface area contributed by atoms with Crippen molar-refractivity contribution in [2.24, 2.45) is 5.92 Å². The molecule has 0 aromatic heterocycles. The Bertz CT molecular complexity index is 190. The lowest BCUT2D eigenvalue weighted by Gasteiger charge is -2.02. The molecule has 0 saturated heterocycles. The normalized spacial score (nSPS) is 13.8. The van der Waals surface area contributed by atoms with Gasteiger partial charge < -0.3 is 0 Å². The zero-order valence-electron chi connectivity index (χ0n) is 9.38. The van der Waals surface area contributed by atoms with Gasteiger partial charge in [-0.15, -0.1) is 0 Å². The highest BCUT2D eigenvalue weighted by Crippen LogP contribution is 2.08. The van der Waals surface area contributed by atoms with Gasteiger partial charge >= 0.3 is 0 Å². The van der Waals surface area contributed by atoms with Gasteiger partial charge in [-0.1, -0.05) is 42.9 Å². The molecule has 0 aromatic rings. The molecule has 0 bridgehead atoms. The highest BCUT2D eigenvalue weighted by atomic mass is 14.0. The lowest BCUT2D eigenvalue weighted by atomic mass is 10.0. The topological polar surface area (TPSA) is 0 Å². The number of allylic oxidation sites excluding steroid dienone is 6. The van der Waals surface area contributed by atoms with Crippen molar-refractivity contribution < 1.29 is 0 Å². The minimum Gasteiger partial charge on any atom is -0.0877 e. The van der Waals surface area contributed by atoms with Gasteiger partial charge in [0.15, 0.2) is 0 Å². The van der Waals surface area contributed by atoms with Crippen LogP contribution in [0.4, 0.5) is 0 Å². The van der Waals surface area contributed by atoms with E-state index in [-0.39, 0.29) is 0 Å². The molecule has 0 amide bonds. The van der Waals surface area contributed by atoms with Gasteiger partial charge in [0.1, 0.15) is 0 Å². The van der Waals surface area contributed by atoms with Crippen molar-refractivity contribution in [1.29, 1.82) is 0 Å². The maximum Gasteiger partial charge on any atom is -0.0256 e. The Balaban J connectivity index is 3.63. The number of hydrogen-bond acceptors (Lipinski definition) is 0. The molecule has 0 heterocycles. The molecule has 0 radical (unpaired) electrons. The quantitative estimate of drug-likeness (QED) is 0.429. The van der Waals surface area contributed by atoms with Crippen LogP contribution in [0.25, 0.3) is 0 Å². The average molecular weight is 178 g/mol. The van der Waals surface area contributed by atoms with E-state index in [0.717, 1.165) is 0 Å². The van der Waals surface area contributed by atoms with Crippen molar-refractivity contribution in [2.75, 3.05) is 0 Å². The molecule has 1 unspecified atom stereocenters. The van der Waals surface area contributed by atoms with Crippen LogP contribution in [0.2, 0.25) is 0 Å². The van der Waals surface area contributed by atoms with Gasteiger partial charge in [-0.2, -0.15) is 0 Å². The van der Waals surface area contributed by atoms with Crippen LogP contribution in [0.5, 0.6) is 0 Å². The Morgan fingerprint density at radius 3 is 2.46 bits per heavy atom. The maximum atomic E-state index is 2.31. The summed E-state index contributed by atoms with van der Waals surface area (Å²) in [7, 11) is 0. The monoisotopic (exact) mass is 178 g/mol. The van der Waals surface area contributed by atoms with Crippen LogP contribution in [0, 0.1) is 5.92 Å². The van der Waals surface area contributed by atoms with Crippen molar-refractivity contribution in [3.63, 3.8) is 0 Å². The SMILES string of the molecule is CC=CC=CC(C)CCC=C(C)C. The van der Waals surface area contributed by atoms with Crippen LogP contribution >= 0.6 is 0 Å². The summed E-state index contributed by atoms with van der Waals surface area (Å²) in [5.41, 5.74) is 1.42. The van der Waals surface area contributed by atoms with Gasteiger partial charge in [-0.3, -0.25) is 0 Å². The van der Waals surface area contributed by atoms with E-state index in [0.29, 0.717) is 5.92 Å². The van der Waals surface area contributed by atoms with Gasteiger partial charge in [-0.25, -0.2) is 0 Å². The second-order valence-electron chi connectivity index (χ2n) is 3.75. The molecule has 0 aromatic carbocycles. The average Bonchev–Trinajstić information content (AvgIpc) is 2.04. The van der Waals surface area contributed by atoms with Crippen LogP contribution < -0.4 is 0 Å². The smallest absolute Gasteiger partial charge is 0.0256 e. The van der Waals surface area contributed by atoms with Crippen LogP contribution in [-0.2, 0) is 0 Å². The summed E-state index contributed by atoms with van der Waals surface area (Å²) in [6.45, 7) is 8.61. The van der Waals surface area contributed by atoms with E-state index in [9.17, 15) is 0 Å². The Kier molecular flexibility index (Phi) is 7.38. The highest BCUT2D eigenvalue weighted by Gasteiger charge is 1.93. The molecule has 0 aliphatic heterocycles. The van der Waals surface area contributed by atoms with Crippen molar-refractivity contribution in [3.8, 4) is 0 Å². The van der Waals surface area contributed by atoms with Crippen molar-refractivity contribution in [3.05, 3.63) is 36.0 Å². The fourth-order valence-electron chi connectivity index (χ4n) is 1.10. The molecule has 1 atom stereocenters. The summed E-state index contributed by atoms with van der Waals surface area (Å²) in [5, 5.41) is 0. The Hall–Kier alpha value is -0.780. The molecule has 0 aliphatic carbocycles. The van der Waals surface area contributed by atoms with E-state index >= 15 is 0 Å². The molecule has 0 aliphatic rings. The minimum atomic E-state index is 0.687. The number of hydrogen-bond donors (Lipinski definition) is 0. The Morgan fingerprint density at radius 2 is 1.92 bits per heavy atom. The lowest BCUT2D eigenvalue weighted by Crippen LogP contribution is -1.87. The molecule has 0 fully saturated rings. The molecule has 0 saturated carbocycles. The predicted octanol–water partition coefficient (Wildman–Crippen LogP) is 4.50. The van der Waals surface area contributed by atoms with Crippen LogP contribution in [0.1, 0.15) is 40.5 Å². The summed E-state index contributed by atoms with van der Waals surface area (Å²) < 4.78 is 0. The first kappa shape index (κ1) is 12.2. The third-order valence-corrected chi connectivity index (χ3v) is 1.92. The first-order valence-corrected chi connectivity index (χ1v) is 5.09. The molecule has 74 valence electrons. The van der Waals surface area contributed by atoms with Crippen molar-refractivity contribution >= 4 is 0 Å². The molecule has 0 spiro atoms. The largest absolute Gasteiger partial charge is 0.0877 e. The third-order valence-electron chi connectivity index (χ3n) is 1.92. The fourth-order valence-corrected chi connectivity index (χ4v) is 1.10. The molecule has 13 heavy (non-hydrogen) atoms. The summed E-state index contributed by atoms with van der Waals surface area (Å²) in [6.07, 6.45) is 13.3. The van der Waals surface area contributed by atoms with Gasteiger partial charge in [0.2, 0.25) is 0 Å². The zero-order chi connectivity index (χ0) is 10.1. The maximum absolute atomic E-state index is 2.31. The van der Waals surface area contributed by atoms with E-state index in [4.69, 9.17) is 0 Å². The molecule has 0 rings (SSSR count). The van der Waals surface area contributed by atoms with E-state index < -0.39 is 0 Å². The molecule has 0 N–H and O–H groups in total. The van der Waals surface area contributed by atoms with Crippen LogP contribution in [0.15, 0.2) is 36.0 Å².